The molecule has 3 aliphatic heterocycles. The number of nitrogens with one attached hydrogen (secondary N) is 2. The molecule has 1 spiro atoms. The quantitative estimate of drug-likeness (QED) is 0.439. The number of carbonyl (C=O) groups is 3. The fourth-order valence-corrected chi connectivity index (χ4v) is 8.78. The van der Waals surface area contributed by atoms with Crippen LogP contribution < -0.4 is 10.6 Å². The van der Waals surface area contributed by atoms with E-state index in [9.17, 15) is 19.5 Å². The van der Waals surface area contributed by atoms with Gasteiger partial charge >= 0.3 is 0 Å². The average Bonchev–Trinajstić information content (AvgIpc) is 3.41. The molecule has 2 unspecified atom stereocenters. The van der Waals surface area contributed by atoms with Crippen molar-refractivity contribution in [2.24, 2.45) is 11.8 Å². The second-order valence-corrected chi connectivity index (χ2v) is 12.0. The van der Waals surface area contributed by atoms with Crippen LogP contribution in [-0.2, 0) is 20.8 Å². The minimum absolute atomic E-state index is 0.137. The van der Waals surface area contributed by atoms with Gasteiger partial charge in [-0.15, -0.1) is 11.8 Å². The zero-order valence-corrected chi connectivity index (χ0v) is 21.2. The molecule has 7 nitrogen and oxygen atoms in total. The summed E-state index contributed by atoms with van der Waals surface area (Å²) in [6, 6.07) is 8.50. The highest BCUT2D eigenvalue weighted by Crippen LogP contribution is 2.71. The van der Waals surface area contributed by atoms with E-state index in [2.05, 4.69) is 24.5 Å². The van der Waals surface area contributed by atoms with Crippen LogP contribution in [0.15, 0.2) is 30.3 Å². The number of fused-ring (bicyclic) bond motifs is 1. The lowest BCUT2D eigenvalue weighted by Gasteiger charge is -2.37. The summed E-state index contributed by atoms with van der Waals surface area (Å²) < 4.78 is -1.02. The highest BCUT2D eigenvalue weighted by atomic mass is 32.2. The molecule has 4 rings (SSSR count). The SMILES string of the molecule is CCCCCNC(=O)C1N([C@@H](CO)Cc2ccccc2)C(=O)[C@@H]2[C@H](C(=O)NC)[C@]3(C)CCC12S3. The van der Waals surface area contributed by atoms with Gasteiger partial charge in [0.05, 0.1) is 29.2 Å². The van der Waals surface area contributed by atoms with Gasteiger partial charge in [0.1, 0.15) is 6.04 Å². The van der Waals surface area contributed by atoms with E-state index in [0.29, 0.717) is 19.4 Å². The van der Waals surface area contributed by atoms with Crippen molar-refractivity contribution < 1.29 is 19.5 Å². The molecule has 3 aliphatic rings. The van der Waals surface area contributed by atoms with Crippen molar-refractivity contribution in [2.75, 3.05) is 20.2 Å². The van der Waals surface area contributed by atoms with Crippen LogP contribution in [0.1, 0.15) is 51.5 Å². The number of thioether (sulfide) groups is 1. The van der Waals surface area contributed by atoms with E-state index >= 15 is 0 Å². The smallest absolute Gasteiger partial charge is 0.244 e. The second-order valence-electron chi connectivity index (χ2n) is 10.1. The lowest BCUT2D eigenvalue weighted by atomic mass is 9.66. The zero-order valence-electron chi connectivity index (χ0n) is 20.4. The molecule has 6 atom stereocenters. The summed E-state index contributed by atoms with van der Waals surface area (Å²) in [5.74, 6) is -1.52. The van der Waals surface area contributed by atoms with Gasteiger partial charge in [0.2, 0.25) is 17.7 Å². The van der Waals surface area contributed by atoms with Crippen molar-refractivity contribution >= 4 is 29.5 Å². The van der Waals surface area contributed by atoms with Crippen LogP contribution in [0.25, 0.3) is 0 Å². The largest absolute Gasteiger partial charge is 0.394 e. The molecule has 0 aliphatic carbocycles. The van der Waals surface area contributed by atoms with E-state index in [1.54, 1.807) is 23.7 Å². The predicted molar refractivity (Wildman–Crippen MR) is 133 cm³/mol. The average molecular weight is 488 g/mol. The number of rotatable bonds is 10. The van der Waals surface area contributed by atoms with Gasteiger partial charge in [-0.3, -0.25) is 14.4 Å². The van der Waals surface area contributed by atoms with Gasteiger partial charge < -0.3 is 20.6 Å². The second kappa shape index (κ2) is 9.90. The van der Waals surface area contributed by atoms with Crippen molar-refractivity contribution in [2.45, 2.75) is 74.0 Å². The summed E-state index contributed by atoms with van der Waals surface area (Å²) in [6.07, 6.45) is 4.93. The normalized spacial score (nSPS) is 32.5. The van der Waals surface area contributed by atoms with Gasteiger partial charge in [-0.25, -0.2) is 0 Å². The number of hydrogen-bond acceptors (Lipinski definition) is 5. The van der Waals surface area contributed by atoms with Crippen LogP contribution in [0, 0.1) is 11.8 Å². The minimum atomic E-state index is -0.700. The van der Waals surface area contributed by atoms with E-state index in [1.165, 1.54) is 0 Å². The third-order valence-corrected chi connectivity index (χ3v) is 9.98. The Bertz CT molecular complexity index is 928. The van der Waals surface area contributed by atoms with E-state index in [4.69, 9.17) is 0 Å². The maximum absolute atomic E-state index is 14.1. The van der Waals surface area contributed by atoms with E-state index in [-0.39, 0.29) is 29.1 Å². The number of benzene rings is 1. The summed E-state index contributed by atoms with van der Waals surface area (Å²) in [5, 5.41) is 16.3. The predicted octanol–water partition coefficient (Wildman–Crippen LogP) is 2.12. The van der Waals surface area contributed by atoms with Crippen LogP contribution in [0.3, 0.4) is 0 Å². The Morgan fingerprint density at radius 1 is 1.21 bits per heavy atom. The monoisotopic (exact) mass is 487 g/mol. The summed E-state index contributed by atoms with van der Waals surface area (Å²) in [7, 11) is 1.61. The molecule has 3 heterocycles. The first-order valence-electron chi connectivity index (χ1n) is 12.5. The Morgan fingerprint density at radius 3 is 2.59 bits per heavy atom. The van der Waals surface area contributed by atoms with Crippen LogP contribution in [-0.4, -0.2) is 69.5 Å². The number of aliphatic hydroxyl groups excluding tert-OH is 1. The van der Waals surface area contributed by atoms with Crippen molar-refractivity contribution in [3.05, 3.63) is 35.9 Å². The number of hydrogen-bond donors (Lipinski definition) is 3. The summed E-state index contributed by atoms with van der Waals surface area (Å²) >= 11 is 1.66. The van der Waals surface area contributed by atoms with Crippen LogP contribution in [0.2, 0.25) is 0 Å². The standard InChI is InChI=1S/C26H37N3O4S/c1-4-5-9-14-28-23(32)21-26-13-12-25(2,34-26)19(22(31)27-3)20(26)24(33)29(21)18(16-30)15-17-10-7-6-8-11-17/h6-8,10-11,18-21,30H,4-5,9,12-16H2,1-3H3,(H,27,31)(H,28,32)/t18-,19-,20+,21?,25+,26?/m1/s1. The first-order valence-corrected chi connectivity index (χ1v) is 13.3. The molecular formula is C26H37N3O4S. The molecule has 8 heteroatoms. The van der Waals surface area contributed by atoms with Gasteiger partial charge in [-0.05, 0) is 38.2 Å². The Kier molecular flexibility index (Phi) is 7.29. The lowest BCUT2D eigenvalue weighted by molar-refractivity contribution is -0.143. The molecule has 0 saturated carbocycles. The Morgan fingerprint density at radius 2 is 1.94 bits per heavy atom. The first-order chi connectivity index (χ1) is 16.3. The molecule has 3 saturated heterocycles. The van der Waals surface area contributed by atoms with Crippen molar-refractivity contribution in [3.8, 4) is 0 Å². The number of aliphatic hydroxyl groups is 1. The third-order valence-electron chi connectivity index (χ3n) is 7.99. The van der Waals surface area contributed by atoms with Gasteiger partial charge in [-0.1, -0.05) is 50.1 Å². The van der Waals surface area contributed by atoms with Crippen molar-refractivity contribution in [3.63, 3.8) is 0 Å². The fraction of sp³-hybridized carbons (Fsp3) is 0.654. The Hall–Kier alpha value is -2.06. The van der Waals surface area contributed by atoms with Gasteiger partial charge in [0, 0.05) is 18.3 Å². The molecular weight excluding hydrogens is 450 g/mol. The van der Waals surface area contributed by atoms with Crippen molar-refractivity contribution in [1.82, 2.24) is 15.5 Å². The molecule has 3 N–H and O–H groups in total. The molecule has 3 fully saturated rings. The highest BCUT2D eigenvalue weighted by molar-refractivity contribution is 8.02. The fourth-order valence-electron chi connectivity index (χ4n) is 6.43. The highest BCUT2D eigenvalue weighted by Gasteiger charge is 2.77. The number of unbranched alkanes of at least 4 members (excludes halogenated alkanes) is 2. The lowest BCUT2D eigenvalue weighted by Crippen LogP contribution is -2.57. The number of carbonyl (C=O) groups excluding carboxylic acids is 3. The maximum Gasteiger partial charge on any atom is 0.244 e. The van der Waals surface area contributed by atoms with Crippen LogP contribution in [0.5, 0.6) is 0 Å². The van der Waals surface area contributed by atoms with Crippen LogP contribution in [0.4, 0.5) is 0 Å². The molecule has 3 amide bonds. The molecule has 34 heavy (non-hydrogen) atoms. The molecule has 1 aromatic rings. The number of likely N-dealkylation sites (tertiary alicyclic amines) is 1. The molecule has 2 bridgehead atoms. The number of nitrogens with zero attached hydrogens (tertiary/aromatic N) is 1. The third kappa shape index (κ3) is 4.02. The van der Waals surface area contributed by atoms with Gasteiger partial charge in [0.15, 0.2) is 0 Å². The summed E-state index contributed by atoms with van der Waals surface area (Å²) in [6.45, 7) is 4.50. The topological polar surface area (TPSA) is 98.7 Å². The Balaban J connectivity index is 1.71. The summed E-state index contributed by atoms with van der Waals surface area (Å²) in [5.41, 5.74) is 0.998. The summed E-state index contributed by atoms with van der Waals surface area (Å²) in [4.78, 5) is 42.4. The van der Waals surface area contributed by atoms with E-state index in [0.717, 1.165) is 31.2 Å². The molecule has 186 valence electrons. The zero-order chi connectivity index (χ0) is 24.5. The van der Waals surface area contributed by atoms with Crippen molar-refractivity contribution in [1.29, 1.82) is 0 Å². The van der Waals surface area contributed by atoms with E-state index < -0.39 is 28.7 Å². The molecule has 1 aromatic carbocycles. The first kappa shape index (κ1) is 25.0. The Labute approximate surface area is 206 Å². The van der Waals surface area contributed by atoms with E-state index in [1.807, 2.05) is 30.3 Å². The van der Waals surface area contributed by atoms with Crippen LogP contribution >= 0.6 is 11.8 Å². The van der Waals surface area contributed by atoms with Gasteiger partial charge in [-0.2, -0.15) is 0 Å². The molecule has 0 radical (unpaired) electrons. The van der Waals surface area contributed by atoms with Gasteiger partial charge in [0.25, 0.3) is 0 Å². The molecule has 0 aromatic heterocycles. The minimum Gasteiger partial charge on any atom is -0.394 e. The maximum atomic E-state index is 14.1. The number of amides is 3.